The lowest BCUT2D eigenvalue weighted by Crippen LogP contribution is -2.30. The molecule has 0 rings (SSSR count). The molecule has 0 radical (unpaired) electrons. The molecule has 0 N–H and O–H groups in total. The van der Waals surface area contributed by atoms with Gasteiger partial charge in [0.1, 0.15) is 13.2 Å². The zero-order chi connectivity index (χ0) is 59.2. The standard InChI is InChI=1S/C76H124O6/c1-4-7-10-13-16-19-22-25-28-30-32-33-34-35-36-37-38-39-40-41-42-43-45-46-48-51-54-57-60-63-66-69-75(78)81-72-73(71-80-74(77)68-65-62-59-56-53-50-27-24-21-18-15-12-9-6-3)82-76(79)70-67-64-61-58-55-52-49-47-44-31-29-26-23-20-17-14-11-8-5-2/h7-8,10-11,16-17,19-20,25-26,28-29,32-33,35-36,38-39,41-42,44-47,73H,4-6,9,12-15,18,21-24,27,30-31,34,37,40,43,48-72H2,1-3H3/b10-7-,11-8-,19-16-,20-17-,28-25-,29-26-,33-32-,36-35-,39-38-,42-41-,46-45-,47-44-. The molecule has 0 bridgehead atoms. The van der Waals surface area contributed by atoms with Crippen molar-refractivity contribution in [2.75, 3.05) is 13.2 Å². The van der Waals surface area contributed by atoms with E-state index in [1.54, 1.807) is 0 Å². The van der Waals surface area contributed by atoms with E-state index in [9.17, 15) is 14.4 Å². The van der Waals surface area contributed by atoms with Crippen molar-refractivity contribution in [3.8, 4) is 0 Å². The van der Waals surface area contributed by atoms with Gasteiger partial charge in [0.2, 0.25) is 0 Å². The summed E-state index contributed by atoms with van der Waals surface area (Å²) in [4.78, 5) is 38.4. The number of esters is 3. The van der Waals surface area contributed by atoms with E-state index >= 15 is 0 Å². The van der Waals surface area contributed by atoms with Gasteiger partial charge in [-0.15, -0.1) is 0 Å². The lowest BCUT2D eigenvalue weighted by molar-refractivity contribution is -0.167. The maximum Gasteiger partial charge on any atom is 0.306 e. The Kier molecular flexibility index (Phi) is 64.8. The molecular formula is C76H124O6. The Morgan fingerprint density at radius 2 is 0.476 bits per heavy atom. The Labute approximate surface area is 506 Å². The van der Waals surface area contributed by atoms with Gasteiger partial charge < -0.3 is 14.2 Å². The molecule has 0 amide bonds. The minimum Gasteiger partial charge on any atom is -0.462 e. The van der Waals surface area contributed by atoms with Gasteiger partial charge in [0.05, 0.1) is 0 Å². The zero-order valence-electron chi connectivity index (χ0n) is 53.2. The maximum atomic E-state index is 12.9. The van der Waals surface area contributed by atoms with Gasteiger partial charge in [0.15, 0.2) is 6.10 Å². The number of rotatable bonds is 60. The summed E-state index contributed by atoms with van der Waals surface area (Å²) in [6.45, 7) is 6.40. The minimum absolute atomic E-state index is 0.0906. The number of carbonyl (C=O) groups excluding carboxylic acids is 3. The van der Waals surface area contributed by atoms with Gasteiger partial charge in [-0.05, 0) is 122 Å². The highest BCUT2D eigenvalue weighted by molar-refractivity contribution is 5.71. The molecule has 0 spiro atoms. The van der Waals surface area contributed by atoms with Crippen molar-refractivity contribution in [3.05, 3.63) is 146 Å². The fraction of sp³-hybridized carbons (Fsp3) is 0.645. The second kappa shape index (κ2) is 68.8. The Hall–Kier alpha value is -4.71. The largest absolute Gasteiger partial charge is 0.462 e. The van der Waals surface area contributed by atoms with Crippen LogP contribution in [0.4, 0.5) is 0 Å². The average Bonchev–Trinajstić information content (AvgIpc) is 3.47. The van der Waals surface area contributed by atoms with Crippen LogP contribution in [0.15, 0.2) is 146 Å². The molecular weight excluding hydrogens is 1010 g/mol. The predicted octanol–water partition coefficient (Wildman–Crippen LogP) is 23.5. The van der Waals surface area contributed by atoms with E-state index in [4.69, 9.17) is 14.2 Å². The van der Waals surface area contributed by atoms with Crippen LogP contribution in [-0.4, -0.2) is 37.2 Å². The normalized spacial score (nSPS) is 13.1. The summed E-state index contributed by atoms with van der Waals surface area (Å²) in [5, 5.41) is 0. The van der Waals surface area contributed by atoms with Gasteiger partial charge in [-0.1, -0.05) is 301 Å². The van der Waals surface area contributed by atoms with Crippen molar-refractivity contribution in [2.24, 2.45) is 0 Å². The number of ether oxygens (including phenoxy) is 3. The first-order chi connectivity index (χ1) is 40.5. The fourth-order valence-corrected chi connectivity index (χ4v) is 9.10. The summed E-state index contributed by atoms with van der Waals surface area (Å²) in [7, 11) is 0. The van der Waals surface area contributed by atoms with Crippen LogP contribution in [0.1, 0.15) is 297 Å². The molecule has 0 aliphatic carbocycles. The second-order valence-electron chi connectivity index (χ2n) is 22.0. The minimum atomic E-state index is -0.798. The molecule has 0 aliphatic rings. The van der Waals surface area contributed by atoms with Gasteiger partial charge in [0.25, 0.3) is 0 Å². The SMILES string of the molecule is CC/C=C\C/C=C\C/C=C\C/C=C\C/C=C\C/C=C\C/C=C\C/C=C\CCCCCCCCC(=O)OCC(COC(=O)CCCCCCCCCCCCCCCC)OC(=O)CCCCCCCC/C=C\C/C=C\C/C=C\C/C=C\CC. The Morgan fingerprint density at radius 1 is 0.256 bits per heavy atom. The molecule has 6 heteroatoms. The fourth-order valence-electron chi connectivity index (χ4n) is 9.10. The first kappa shape index (κ1) is 77.3. The number of allylic oxidation sites excluding steroid dienone is 24. The second-order valence-corrected chi connectivity index (χ2v) is 22.0. The van der Waals surface area contributed by atoms with Crippen LogP contribution in [0.25, 0.3) is 0 Å². The third-order valence-electron chi connectivity index (χ3n) is 14.1. The quantitative estimate of drug-likeness (QED) is 0.0261. The molecule has 0 aromatic carbocycles. The molecule has 1 unspecified atom stereocenters. The lowest BCUT2D eigenvalue weighted by Gasteiger charge is -2.18. The maximum absolute atomic E-state index is 12.9. The van der Waals surface area contributed by atoms with Gasteiger partial charge in [0, 0.05) is 19.3 Å². The third-order valence-corrected chi connectivity index (χ3v) is 14.1. The number of hydrogen-bond donors (Lipinski definition) is 0. The molecule has 464 valence electrons. The highest BCUT2D eigenvalue weighted by atomic mass is 16.6. The van der Waals surface area contributed by atoms with Crippen molar-refractivity contribution in [3.63, 3.8) is 0 Å². The van der Waals surface area contributed by atoms with Crippen molar-refractivity contribution in [1.82, 2.24) is 0 Å². The van der Waals surface area contributed by atoms with Crippen molar-refractivity contribution < 1.29 is 28.6 Å². The monoisotopic (exact) mass is 1130 g/mol. The van der Waals surface area contributed by atoms with E-state index < -0.39 is 6.10 Å². The van der Waals surface area contributed by atoms with Crippen molar-refractivity contribution >= 4 is 17.9 Å². The summed E-state index contributed by atoms with van der Waals surface area (Å²) in [5.74, 6) is -0.915. The first-order valence-electron chi connectivity index (χ1n) is 33.8. The summed E-state index contributed by atoms with van der Waals surface area (Å²) in [5.41, 5.74) is 0. The number of unbranched alkanes of at least 4 members (excludes halogenated alkanes) is 25. The van der Waals surface area contributed by atoms with Gasteiger partial charge in [-0.3, -0.25) is 14.4 Å². The van der Waals surface area contributed by atoms with Crippen LogP contribution in [-0.2, 0) is 28.6 Å². The van der Waals surface area contributed by atoms with Crippen LogP contribution in [0.3, 0.4) is 0 Å². The molecule has 0 aromatic heterocycles. The third kappa shape index (κ3) is 66.1. The number of carbonyl (C=O) groups is 3. The lowest BCUT2D eigenvalue weighted by atomic mass is 10.0. The Balaban J connectivity index is 4.38. The predicted molar refractivity (Wildman–Crippen MR) is 357 cm³/mol. The molecule has 1 atom stereocenters. The van der Waals surface area contributed by atoms with Gasteiger partial charge in [-0.25, -0.2) is 0 Å². The van der Waals surface area contributed by atoms with Gasteiger partial charge in [-0.2, -0.15) is 0 Å². The molecule has 6 nitrogen and oxygen atoms in total. The molecule has 0 saturated carbocycles. The van der Waals surface area contributed by atoms with Crippen LogP contribution >= 0.6 is 0 Å². The van der Waals surface area contributed by atoms with Gasteiger partial charge >= 0.3 is 17.9 Å². The van der Waals surface area contributed by atoms with E-state index in [0.717, 1.165) is 161 Å². The highest BCUT2D eigenvalue weighted by Crippen LogP contribution is 2.16. The molecule has 82 heavy (non-hydrogen) atoms. The Bertz CT molecular complexity index is 1780. The number of hydrogen-bond acceptors (Lipinski definition) is 6. The van der Waals surface area contributed by atoms with Crippen molar-refractivity contribution in [1.29, 1.82) is 0 Å². The van der Waals surface area contributed by atoms with Crippen LogP contribution in [0, 0.1) is 0 Å². The van der Waals surface area contributed by atoms with Crippen LogP contribution in [0.5, 0.6) is 0 Å². The highest BCUT2D eigenvalue weighted by Gasteiger charge is 2.19. The molecule has 0 aliphatic heterocycles. The van der Waals surface area contributed by atoms with Crippen LogP contribution in [0.2, 0.25) is 0 Å². The Morgan fingerprint density at radius 3 is 0.744 bits per heavy atom. The van der Waals surface area contributed by atoms with E-state index in [2.05, 4.69) is 167 Å². The molecule has 0 aromatic rings. The topological polar surface area (TPSA) is 78.9 Å². The molecule has 0 saturated heterocycles. The van der Waals surface area contributed by atoms with E-state index in [0.29, 0.717) is 19.3 Å². The summed E-state index contributed by atoms with van der Waals surface area (Å²) >= 11 is 0. The van der Waals surface area contributed by atoms with Crippen molar-refractivity contribution in [2.45, 2.75) is 303 Å². The summed E-state index contributed by atoms with van der Waals surface area (Å²) in [6.07, 6.45) is 98.5. The van der Waals surface area contributed by atoms with Crippen LogP contribution < -0.4 is 0 Å². The van der Waals surface area contributed by atoms with E-state index in [-0.39, 0.29) is 31.1 Å². The zero-order valence-corrected chi connectivity index (χ0v) is 53.2. The summed E-state index contributed by atoms with van der Waals surface area (Å²) in [6, 6.07) is 0. The molecule has 0 heterocycles. The van der Waals surface area contributed by atoms with E-state index in [1.807, 2.05) is 0 Å². The molecule has 0 fully saturated rings. The first-order valence-corrected chi connectivity index (χ1v) is 33.8. The average molecular weight is 1130 g/mol. The smallest absolute Gasteiger partial charge is 0.306 e. The summed E-state index contributed by atoms with van der Waals surface area (Å²) < 4.78 is 16.9. The van der Waals surface area contributed by atoms with E-state index in [1.165, 1.54) is 96.3 Å².